The minimum Gasteiger partial charge on any atom is -0.389 e. The van der Waals surface area contributed by atoms with Gasteiger partial charge in [-0.3, -0.25) is 0 Å². The van der Waals surface area contributed by atoms with Crippen LogP contribution < -0.4 is 5.32 Å². The number of hydrogen-bond donors (Lipinski definition) is 2. The number of nitrogens with one attached hydrogen (secondary N) is 1. The first-order chi connectivity index (χ1) is 6.57. The molecular formula is C11H24N2O. The molecule has 0 spiro atoms. The Morgan fingerprint density at radius 3 is 2.43 bits per heavy atom. The zero-order valence-electron chi connectivity index (χ0n) is 9.71. The number of aliphatic hydroxyl groups is 1. The van der Waals surface area contributed by atoms with Crippen molar-refractivity contribution >= 4 is 0 Å². The van der Waals surface area contributed by atoms with E-state index in [-0.39, 0.29) is 0 Å². The van der Waals surface area contributed by atoms with Crippen molar-refractivity contribution in [2.24, 2.45) is 0 Å². The fraction of sp³-hybridized carbons (Fsp3) is 1.00. The van der Waals surface area contributed by atoms with Crippen LogP contribution in [-0.4, -0.2) is 48.3 Å². The van der Waals surface area contributed by atoms with E-state index in [1.165, 1.54) is 12.8 Å². The van der Waals surface area contributed by atoms with Gasteiger partial charge < -0.3 is 15.3 Å². The summed E-state index contributed by atoms with van der Waals surface area (Å²) in [6, 6.07) is 0.679. The van der Waals surface area contributed by atoms with E-state index in [1.54, 1.807) is 0 Å². The second kappa shape index (κ2) is 5.10. The molecule has 1 fully saturated rings. The van der Waals surface area contributed by atoms with E-state index in [1.807, 2.05) is 20.9 Å². The van der Waals surface area contributed by atoms with Crippen molar-refractivity contribution in [2.45, 2.75) is 44.8 Å². The number of β-amino-alcohol motifs (C(OH)–C–C–N with tert-alkyl or cyclic N) is 1. The minimum absolute atomic E-state index is 0.507. The van der Waals surface area contributed by atoms with Crippen molar-refractivity contribution in [2.75, 3.05) is 26.7 Å². The molecule has 1 rings (SSSR count). The third-order valence-corrected chi connectivity index (χ3v) is 3.32. The molecule has 1 atom stereocenters. The lowest BCUT2D eigenvalue weighted by atomic mass is 9.99. The Labute approximate surface area is 87.5 Å². The standard InChI is InChI=1S/C11H24N2O/c1-4-11(2,14)9-13-7-5-10(12-3)6-8-13/h10,12,14H,4-9H2,1-3H3. The largest absolute Gasteiger partial charge is 0.389 e. The molecule has 1 saturated heterocycles. The number of rotatable bonds is 4. The van der Waals surface area contributed by atoms with E-state index >= 15 is 0 Å². The molecule has 0 aromatic carbocycles. The van der Waals surface area contributed by atoms with Gasteiger partial charge in [-0.2, -0.15) is 0 Å². The molecule has 2 N–H and O–H groups in total. The highest BCUT2D eigenvalue weighted by molar-refractivity contribution is 4.81. The van der Waals surface area contributed by atoms with Crippen LogP contribution in [-0.2, 0) is 0 Å². The molecule has 3 heteroatoms. The predicted octanol–water partition coefficient (Wildman–Crippen LogP) is 0.831. The van der Waals surface area contributed by atoms with Gasteiger partial charge in [0, 0.05) is 12.6 Å². The summed E-state index contributed by atoms with van der Waals surface area (Å²) in [5.41, 5.74) is -0.507. The molecule has 1 aliphatic rings. The predicted molar refractivity (Wildman–Crippen MR) is 59.4 cm³/mol. The van der Waals surface area contributed by atoms with E-state index in [9.17, 15) is 5.11 Å². The number of nitrogens with zero attached hydrogens (tertiary/aromatic N) is 1. The van der Waals surface area contributed by atoms with Crippen LogP contribution in [0.5, 0.6) is 0 Å². The Balaban J connectivity index is 2.28. The average molecular weight is 200 g/mol. The zero-order chi connectivity index (χ0) is 10.6. The summed E-state index contributed by atoms with van der Waals surface area (Å²) in [4.78, 5) is 2.37. The molecule has 0 radical (unpaired) electrons. The van der Waals surface area contributed by atoms with Gasteiger partial charge in [-0.15, -0.1) is 0 Å². The van der Waals surface area contributed by atoms with Gasteiger partial charge in [-0.25, -0.2) is 0 Å². The summed E-state index contributed by atoms with van der Waals surface area (Å²) < 4.78 is 0. The summed E-state index contributed by atoms with van der Waals surface area (Å²) in [5, 5.41) is 13.3. The maximum absolute atomic E-state index is 9.94. The molecule has 1 aliphatic heterocycles. The average Bonchev–Trinajstić information content (AvgIpc) is 2.19. The Bertz CT molecular complexity index is 163. The Hall–Kier alpha value is -0.120. The lowest BCUT2D eigenvalue weighted by molar-refractivity contribution is 0.00891. The quantitative estimate of drug-likeness (QED) is 0.705. The van der Waals surface area contributed by atoms with Gasteiger partial charge in [0.05, 0.1) is 5.60 Å². The molecule has 84 valence electrons. The van der Waals surface area contributed by atoms with Crippen molar-refractivity contribution in [3.63, 3.8) is 0 Å². The van der Waals surface area contributed by atoms with Crippen LogP contribution in [0.15, 0.2) is 0 Å². The first kappa shape index (κ1) is 12.0. The molecule has 14 heavy (non-hydrogen) atoms. The van der Waals surface area contributed by atoms with Gasteiger partial charge in [0.15, 0.2) is 0 Å². The van der Waals surface area contributed by atoms with Gasteiger partial charge in [-0.1, -0.05) is 6.92 Å². The van der Waals surface area contributed by atoms with Crippen molar-refractivity contribution < 1.29 is 5.11 Å². The Kier molecular flexibility index (Phi) is 4.35. The van der Waals surface area contributed by atoms with Gasteiger partial charge in [0.2, 0.25) is 0 Å². The summed E-state index contributed by atoms with van der Waals surface area (Å²) in [6.45, 7) is 7.01. The molecule has 0 aliphatic carbocycles. The van der Waals surface area contributed by atoms with Crippen LogP contribution in [0.4, 0.5) is 0 Å². The Morgan fingerprint density at radius 2 is 2.00 bits per heavy atom. The molecule has 0 aromatic heterocycles. The highest BCUT2D eigenvalue weighted by Crippen LogP contribution is 2.15. The monoisotopic (exact) mass is 200 g/mol. The lowest BCUT2D eigenvalue weighted by Gasteiger charge is -2.36. The van der Waals surface area contributed by atoms with Gasteiger partial charge >= 0.3 is 0 Å². The van der Waals surface area contributed by atoms with Crippen LogP contribution >= 0.6 is 0 Å². The van der Waals surface area contributed by atoms with Gasteiger partial charge in [-0.05, 0) is 46.3 Å². The third-order valence-electron chi connectivity index (χ3n) is 3.32. The lowest BCUT2D eigenvalue weighted by Crippen LogP contribution is -2.47. The van der Waals surface area contributed by atoms with Gasteiger partial charge in [0.25, 0.3) is 0 Å². The fourth-order valence-electron chi connectivity index (χ4n) is 1.97. The highest BCUT2D eigenvalue weighted by atomic mass is 16.3. The maximum Gasteiger partial charge on any atom is 0.0743 e. The van der Waals surface area contributed by atoms with Crippen molar-refractivity contribution in [3.8, 4) is 0 Å². The molecule has 0 amide bonds. The highest BCUT2D eigenvalue weighted by Gasteiger charge is 2.25. The van der Waals surface area contributed by atoms with E-state index < -0.39 is 5.60 Å². The first-order valence-corrected chi connectivity index (χ1v) is 5.69. The molecular weight excluding hydrogens is 176 g/mol. The third kappa shape index (κ3) is 3.56. The van der Waals surface area contributed by atoms with Crippen LogP contribution in [0.25, 0.3) is 0 Å². The summed E-state index contributed by atoms with van der Waals surface area (Å²) in [6.07, 6.45) is 3.24. The van der Waals surface area contributed by atoms with Crippen molar-refractivity contribution in [1.29, 1.82) is 0 Å². The van der Waals surface area contributed by atoms with E-state index in [2.05, 4.69) is 10.2 Å². The van der Waals surface area contributed by atoms with E-state index in [0.717, 1.165) is 26.1 Å². The molecule has 1 unspecified atom stereocenters. The van der Waals surface area contributed by atoms with Gasteiger partial charge in [0.1, 0.15) is 0 Å². The normalized spacial score (nSPS) is 24.9. The van der Waals surface area contributed by atoms with Crippen molar-refractivity contribution in [3.05, 3.63) is 0 Å². The number of piperidine rings is 1. The van der Waals surface area contributed by atoms with Crippen LogP contribution in [0.3, 0.4) is 0 Å². The Morgan fingerprint density at radius 1 is 1.43 bits per heavy atom. The smallest absolute Gasteiger partial charge is 0.0743 e. The second-order valence-corrected chi connectivity index (χ2v) is 4.69. The summed E-state index contributed by atoms with van der Waals surface area (Å²) in [5.74, 6) is 0. The summed E-state index contributed by atoms with van der Waals surface area (Å²) >= 11 is 0. The first-order valence-electron chi connectivity index (χ1n) is 5.69. The van der Waals surface area contributed by atoms with E-state index in [4.69, 9.17) is 0 Å². The molecule has 0 bridgehead atoms. The molecule has 1 heterocycles. The minimum atomic E-state index is -0.507. The SMILES string of the molecule is CCC(C)(O)CN1CCC(NC)CC1. The van der Waals surface area contributed by atoms with Crippen LogP contribution in [0, 0.1) is 0 Å². The topological polar surface area (TPSA) is 35.5 Å². The molecule has 0 saturated carbocycles. The maximum atomic E-state index is 9.94. The number of hydrogen-bond acceptors (Lipinski definition) is 3. The summed E-state index contributed by atoms with van der Waals surface area (Å²) in [7, 11) is 2.03. The van der Waals surface area contributed by atoms with Crippen LogP contribution in [0.1, 0.15) is 33.1 Å². The molecule has 3 nitrogen and oxygen atoms in total. The second-order valence-electron chi connectivity index (χ2n) is 4.69. The van der Waals surface area contributed by atoms with E-state index in [0.29, 0.717) is 6.04 Å². The molecule has 0 aromatic rings. The van der Waals surface area contributed by atoms with Crippen molar-refractivity contribution in [1.82, 2.24) is 10.2 Å². The van der Waals surface area contributed by atoms with Crippen LogP contribution in [0.2, 0.25) is 0 Å². The number of likely N-dealkylation sites (tertiary alicyclic amines) is 1. The fourth-order valence-corrected chi connectivity index (χ4v) is 1.97. The zero-order valence-corrected chi connectivity index (χ0v) is 9.71.